The molecular weight excluding hydrogens is 238 g/mol. The first-order valence-corrected chi connectivity index (χ1v) is 6.75. The molecule has 0 unspecified atom stereocenters. The zero-order valence-electron chi connectivity index (χ0n) is 13.1. The van der Waals surface area contributed by atoms with Crippen molar-refractivity contribution < 1.29 is 9.47 Å². The molecule has 3 heteroatoms. The smallest absolute Gasteiger partial charge is 0.160 e. The van der Waals surface area contributed by atoms with E-state index in [1.165, 1.54) is 5.56 Å². The maximum absolute atomic E-state index is 5.33. The van der Waals surface area contributed by atoms with Crippen LogP contribution in [-0.2, 0) is 6.42 Å². The van der Waals surface area contributed by atoms with Crippen molar-refractivity contribution in [3.05, 3.63) is 23.8 Å². The summed E-state index contributed by atoms with van der Waals surface area (Å²) in [6, 6.07) is 6.13. The fourth-order valence-electron chi connectivity index (χ4n) is 2.24. The number of rotatable bonds is 6. The SMILES string of the molecule is COc1ccc(CCN(C)CC(C)(C)C)cc1OC. The van der Waals surface area contributed by atoms with Gasteiger partial charge < -0.3 is 14.4 Å². The van der Waals surface area contributed by atoms with Gasteiger partial charge in [-0.25, -0.2) is 0 Å². The molecule has 0 atom stereocenters. The third-order valence-corrected chi connectivity index (χ3v) is 2.97. The maximum atomic E-state index is 5.33. The van der Waals surface area contributed by atoms with Crippen molar-refractivity contribution in [3.63, 3.8) is 0 Å². The van der Waals surface area contributed by atoms with Gasteiger partial charge in [0.05, 0.1) is 14.2 Å². The van der Waals surface area contributed by atoms with Gasteiger partial charge in [-0.3, -0.25) is 0 Å². The third-order valence-electron chi connectivity index (χ3n) is 2.97. The summed E-state index contributed by atoms with van der Waals surface area (Å²) in [6.07, 6.45) is 1.02. The number of methoxy groups -OCH3 is 2. The molecule has 1 aromatic carbocycles. The predicted octanol–water partition coefficient (Wildman–Crippen LogP) is 3.22. The Morgan fingerprint density at radius 1 is 1.05 bits per heavy atom. The van der Waals surface area contributed by atoms with E-state index in [1.54, 1.807) is 14.2 Å². The Morgan fingerprint density at radius 2 is 1.68 bits per heavy atom. The van der Waals surface area contributed by atoms with Crippen LogP contribution in [0.3, 0.4) is 0 Å². The van der Waals surface area contributed by atoms with E-state index in [1.807, 2.05) is 6.07 Å². The van der Waals surface area contributed by atoms with Crippen molar-refractivity contribution in [3.8, 4) is 11.5 Å². The molecule has 0 aliphatic heterocycles. The Kier molecular flexibility index (Phi) is 5.67. The van der Waals surface area contributed by atoms with Crippen molar-refractivity contribution in [2.45, 2.75) is 27.2 Å². The van der Waals surface area contributed by atoms with Crippen LogP contribution in [0.25, 0.3) is 0 Å². The van der Waals surface area contributed by atoms with Crippen molar-refractivity contribution >= 4 is 0 Å². The second kappa shape index (κ2) is 6.80. The van der Waals surface area contributed by atoms with Crippen molar-refractivity contribution in [2.24, 2.45) is 5.41 Å². The van der Waals surface area contributed by atoms with Gasteiger partial charge >= 0.3 is 0 Å². The molecular formula is C16H27NO2. The molecule has 0 spiro atoms. The van der Waals surface area contributed by atoms with Gasteiger partial charge in [-0.15, -0.1) is 0 Å². The van der Waals surface area contributed by atoms with Gasteiger partial charge in [-0.05, 0) is 36.6 Å². The fraction of sp³-hybridized carbons (Fsp3) is 0.625. The predicted molar refractivity (Wildman–Crippen MR) is 80.2 cm³/mol. The topological polar surface area (TPSA) is 21.7 Å². The molecule has 0 amide bonds. The number of benzene rings is 1. The molecule has 3 nitrogen and oxygen atoms in total. The molecule has 0 aliphatic rings. The Labute approximate surface area is 117 Å². The number of ether oxygens (including phenoxy) is 2. The van der Waals surface area contributed by atoms with Crippen LogP contribution in [0.1, 0.15) is 26.3 Å². The molecule has 19 heavy (non-hydrogen) atoms. The molecule has 108 valence electrons. The van der Waals surface area contributed by atoms with Crippen LogP contribution in [0.15, 0.2) is 18.2 Å². The highest BCUT2D eigenvalue weighted by Crippen LogP contribution is 2.27. The van der Waals surface area contributed by atoms with Gasteiger partial charge in [0, 0.05) is 13.1 Å². The fourth-order valence-corrected chi connectivity index (χ4v) is 2.24. The molecule has 0 aliphatic carbocycles. The van der Waals surface area contributed by atoms with Crippen LogP contribution in [0.4, 0.5) is 0 Å². The largest absolute Gasteiger partial charge is 0.493 e. The molecule has 0 aromatic heterocycles. The third kappa shape index (κ3) is 5.52. The molecule has 0 saturated heterocycles. The zero-order valence-corrected chi connectivity index (χ0v) is 13.1. The van der Waals surface area contributed by atoms with Crippen molar-refractivity contribution in [2.75, 3.05) is 34.4 Å². The minimum atomic E-state index is 0.340. The summed E-state index contributed by atoms with van der Waals surface area (Å²) in [7, 11) is 5.51. The molecule has 1 rings (SSSR count). The lowest BCUT2D eigenvalue weighted by molar-refractivity contribution is 0.229. The van der Waals surface area contributed by atoms with Crippen molar-refractivity contribution in [1.82, 2.24) is 4.90 Å². The van der Waals surface area contributed by atoms with Crippen LogP contribution in [-0.4, -0.2) is 39.3 Å². The highest BCUT2D eigenvalue weighted by Gasteiger charge is 2.13. The highest BCUT2D eigenvalue weighted by atomic mass is 16.5. The van der Waals surface area contributed by atoms with Gasteiger partial charge in [0.25, 0.3) is 0 Å². The van der Waals surface area contributed by atoms with Crippen LogP contribution in [0, 0.1) is 5.41 Å². The molecule has 1 aromatic rings. The lowest BCUT2D eigenvalue weighted by Crippen LogP contribution is -2.30. The normalized spacial score (nSPS) is 11.7. The van der Waals surface area contributed by atoms with Gasteiger partial charge in [0.15, 0.2) is 11.5 Å². The molecule has 0 heterocycles. The summed E-state index contributed by atoms with van der Waals surface area (Å²) >= 11 is 0. The van der Waals surface area contributed by atoms with Gasteiger partial charge in [-0.2, -0.15) is 0 Å². The Bertz CT molecular complexity index is 396. The average molecular weight is 265 g/mol. The van der Waals surface area contributed by atoms with Gasteiger partial charge in [0.2, 0.25) is 0 Å². The van der Waals surface area contributed by atoms with Crippen LogP contribution in [0.2, 0.25) is 0 Å². The Morgan fingerprint density at radius 3 is 2.21 bits per heavy atom. The summed E-state index contributed by atoms with van der Waals surface area (Å²) in [5.74, 6) is 1.59. The van der Waals surface area contributed by atoms with Crippen LogP contribution in [0.5, 0.6) is 11.5 Å². The summed E-state index contributed by atoms with van der Waals surface area (Å²) in [5, 5.41) is 0. The molecule has 0 bridgehead atoms. The monoisotopic (exact) mass is 265 g/mol. The Balaban J connectivity index is 2.58. The zero-order chi connectivity index (χ0) is 14.5. The first-order valence-electron chi connectivity index (χ1n) is 6.75. The number of hydrogen-bond donors (Lipinski definition) is 0. The van der Waals surface area contributed by atoms with Crippen LogP contribution < -0.4 is 9.47 Å². The minimum Gasteiger partial charge on any atom is -0.493 e. The van der Waals surface area contributed by atoms with E-state index < -0.39 is 0 Å². The minimum absolute atomic E-state index is 0.340. The summed E-state index contributed by atoms with van der Waals surface area (Å²) < 4.78 is 10.6. The average Bonchev–Trinajstić information content (AvgIpc) is 2.33. The molecule has 0 saturated carbocycles. The van der Waals surface area contributed by atoms with E-state index in [9.17, 15) is 0 Å². The van der Waals surface area contributed by atoms with E-state index in [2.05, 4.69) is 44.9 Å². The maximum Gasteiger partial charge on any atom is 0.160 e. The van der Waals surface area contributed by atoms with Gasteiger partial charge in [0.1, 0.15) is 0 Å². The highest BCUT2D eigenvalue weighted by molar-refractivity contribution is 5.42. The van der Waals surface area contributed by atoms with Crippen LogP contribution >= 0.6 is 0 Å². The second-order valence-corrected chi connectivity index (χ2v) is 6.24. The van der Waals surface area contributed by atoms with Crippen molar-refractivity contribution in [1.29, 1.82) is 0 Å². The van der Waals surface area contributed by atoms with E-state index in [0.717, 1.165) is 31.0 Å². The molecule has 0 fully saturated rings. The lowest BCUT2D eigenvalue weighted by Gasteiger charge is -2.26. The van der Waals surface area contributed by atoms with E-state index in [-0.39, 0.29) is 0 Å². The standard InChI is InChI=1S/C16H27NO2/c1-16(2,3)12-17(4)10-9-13-7-8-14(18-5)15(11-13)19-6/h7-8,11H,9-10,12H2,1-6H3. The number of nitrogens with zero attached hydrogens (tertiary/aromatic N) is 1. The number of likely N-dealkylation sites (N-methyl/N-ethyl adjacent to an activating group) is 1. The summed E-state index contributed by atoms with van der Waals surface area (Å²) in [5.41, 5.74) is 1.62. The first-order chi connectivity index (χ1) is 8.85. The summed E-state index contributed by atoms with van der Waals surface area (Å²) in [4.78, 5) is 2.37. The van der Waals surface area contributed by atoms with E-state index in [0.29, 0.717) is 5.41 Å². The second-order valence-electron chi connectivity index (χ2n) is 6.24. The van der Waals surface area contributed by atoms with E-state index >= 15 is 0 Å². The molecule has 0 radical (unpaired) electrons. The Hall–Kier alpha value is -1.22. The van der Waals surface area contributed by atoms with Gasteiger partial charge in [-0.1, -0.05) is 26.8 Å². The summed E-state index contributed by atoms with van der Waals surface area (Å²) in [6.45, 7) is 8.94. The first kappa shape index (κ1) is 15.8. The quantitative estimate of drug-likeness (QED) is 0.788. The molecule has 0 N–H and O–H groups in total. The number of hydrogen-bond acceptors (Lipinski definition) is 3. The lowest BCUT2D eigenvalue weighted by atomic mass is 9.96. The van der Waals surface area contributed by atoms with E-state index in [4.69, 9.17) is 9.47 Å².